The molecule has 48 valence electrons. The summed E-state index contributed by atoms with van der Waals surface area (Å²) in [5.41, 5.74) is 0. The molecule has 0 aliphatic carbocycles. The minimum atomic E-state index is -1.02. The maximum absolute atomic E-state index is 12.8. The topological polar surface area (TPSA) is 12.0 Å². The molecule has 0 aromatic rings. The molecule has 0 aromatic carbocycles. The van der Waals surface area contributed by atoms with Crippen LogP contribution in [0.2, 0.25) is 0 Å². The van der Waals surface area contributed by atoms with Crippen LogP contribution in [0.1, 0.15) is 12.8 Å². The van der Waals surface area contributed by atoms with Crippen LogP contribution in [0.5, 0.6) is 0 Å². The Morgan fingerprint density at radius 2 is 2.38 bits per heavy atom. The van der Waals surface area contributed by atoms with Crippen LogP contribution < -0.4 is 5.32 Å². The van der Waals surface area contributed by atoms with Crippen molar-refractivity contribution in [2.24, 2.45) is 0 Å². The van der Waals surface area contributed by atoms with Gasteiger partial charge in [-0.1, -0.05) is 9.24 Å². The van der Waals surface area contributed by atoms with Crippen LogP contribution >= 0.6 is 9.24 Å². The molecule has 0 bridgehead atoms. The number of alkyl halides is 1. The molecule has 8 heavy (non-hydrogen) atoms. The van der Waals surface area contributed by atoms with E-state index in [0.717, 1.165) is 13.0 Å². The predicted octanol–water partition coefficient (Wildman–Crippen LogP) is 0.911. The molecule has 2 unspecified atom stereocenters. The summed E-state index contributed by atoms with van der Waals surface area (Å²) in [6.07, 6.45) is 1.64. The number of piperidine rings is 1. The first-order valence-corrected chi connectivity index (χ1v) is 3.47. The van der Waals surface area contributed by atoms with E-state index in [1.165, 1.54) is 0 Å². The van der Waals surface area contributed by atoms with Gasteiger partial charge in [0.25, 0.3) is 0 Å². The van der Waals surface area contributed by atoms with E-state index >= 15 is 0 Å². The van der Waals surface area contributed by atoms with Crippen molar-refractivity contribution in [2.45, 2.75) is 18.3 Å². The molecule has 0 radical (unpaired) electrons. The normalized spacial score (nSPS) is 39.8. The first kappa shape index (κ1) is 6.44. The fourth-order valence-electron chi connectivity index (χ4n) is 0.892. The molecule has 1 nitrogen and oxygen atoms in total. The molecule has 1 N–H and O–H groups in total. The highest BCUT2D eigenvalue weighted by atomic mass is 31.0. The Morgan fingerprint density at radius 3 is 2.62 bits per heavy atom. The van der Waals surface area contributed by atoms with Crippen LogP contribution in [0.3, 0.4) is 0 Å². The number of rotatable bonds is 0. The van der Waals surface area contributed by atoms with Gasteiger partial charge in [0, 0.05) is 6.54 Å². The summed E-state index contributed by atoms with van der Waals surface area (Å²) in [5, 5.41) is 1.96. The number of nitrogens with one attached hydrogen (secondary N) is 1. The SMILES string of the molecule is FC1(P)CCCNC1. The molecule has 1 aliphatic heterocycles. The lowest BCUT2D eigenvalue weighted by atomic mass is 10.1. The van der Waals surface area contributed by atoms with Crippen molar-refractivity contribution in [2.75, 3.05) is 13.1 Å². The van der Waals surface area contributed by atoms with Crippen LogP contribution in [0.25, 0.3) is 0 Å². The fraction of sp³-hybridized carbons (Fsp3) is 1.00. The molecule has 0 saturated carbocycles. The molecule has 1 aliphatic rings. The summed E-state index contributed by atoms with van der Waals surface area (Å²) < 4.78 is 12.8. The Hall–Kier alpha value is 0.320. The van der Waals surface area contributed by atoms with Gasteiger partial charge in [0.05, 0.1) is 0 Å². The Morgan fingerprint density at radius 1 is 1.62 bits per heavy atom. The van der Waals surface area contributed by atoms with Crippen molar-refractivity contribution in [3.63, 3.8) is 0 Å². The molecular formula is C5H11FNP. The summed E-state index contributed by atoms with van der Waals surface area (Å²) in [6, 6.07) is 0. The highest BCUT2D eigenvalue weighted by molar-refractivity contribution is 7.18. The van der Waals surface area contributed by atoms with Crippen LogP contribution in [-0.4, -0.2) is 18.5 Å². The van der Waals surface area contributed by atoms with E-state index in [0.29, 0.717) is 13.0 Å². The third kappa shape index (κ3) is 1.68. The maximum atomic E-state index is 12.8. The van der Waals surface area contributed by atoms with E-state index < -0.39 is 5.41 Å². The third-order valence-corrected chi connectivity index (χ3v) is 1.86. The van der Waals surface area contributed by atoms with Gasteiger partial charge in [-0.15, -0.1) is 0 Å². The Balaban J connectivity index is 2.33. The standard InChI is InChI=1S/C5H11FNP/c6-5(8)2-1-3-7-4-5/h7H,1-4,8H2. The molecule has 0 aromatic heterocycles. The lowest BCUT2D eigenvalue weighted by Crippen LogP contribution is -2.37. The van der Waals surface area contributed by atoms with Gasteiger partial charge >= 0.3 is 0 Å². The molecule has 0 amide bonds. The monoisotopic (exact) mass is 135 g/mol. The van der Waals surface area contributed by atoms with Crippen molar-refractivity contribution in [1.29, 1.82) is 0 Å². The number of hydrogen-bond acceptors (Lipinski definition) is 1. The second-order valence-corrected chi connectivity index (χ2v) is 3.35. The van der Waals surface area contributed by atoms with E-state index in [-0.39, 0.29) is 0 Å². The molecule has 1 heterocycles. The average molecular weight is 135 g/mol. The first-order valence-electron chi connectivity index (χ1n) is 2.89. The Kier molecular flexibility index (Phi) is 1.84. The predicted molar refractivity (Wildman–Crippen MR) is 35.7 cm³/mol. The summed E-state index contributed by atoms with van der Waals surface area (Å²) in [4.78, 5) is 0. The number of halogens is 1. The van der Waals surface area contributed by atoms with E-state index in [2.05, 4.69) is 14.6 Å². The molecule has 1 saturated heterocycles. The van der Waals surface area contributed by atoms with Crippen molar-refractivity contribution in [3.05, 3.63) is 0 Å². The van der Waals surface area contributed by atoms with Crippen molar-refractivity contribution in [3.8, 4) is 0 Å². The zero-order chi connectivity index (χ0) is 6.04. The Bertz CT molecular complexity index is 76.5. The zero-order valence-electron chi connectivity index (χ0n) is 4.78. The summed E-state index contributed by atoms with van der Waals surface area (Å²) in [7, 11) is 2.23. The molecule has 1 fully saturated rings. The third-order valence-electron chi connectivity index (χ3n) is 1.36. The van der Waals surface area contributed by atoms with Gasteiger partial charge in [0.15, 0.2) is 0 Å². The van der Waals surface area contributed by atoms with Gasteiger partial charge in [-0.3, -0.25) is 0 Å². The van der Waals surface area contributed by atoms with E-state index in [9.17, 15) is 4.39 Å². The fourth-order valence-corrected chi connectivity index (χ4v) is 1.24. The second kappa shape index (κ2) is 2.28. The molecule has 3 heteroatoms. The highest BCUT2D eigenvalue weighted by Gasteiger charge is 2.24. The quantitative estimate of drug-likeness (QED) is 0.487. The molecule has 1 rings (SSSR count). The average Bonchev–Trinajstić information content (AvgIpc) is 1.65. The van der Waals surface area contributed by atoms with Gasteiger partial charge in [-0.2, -0.15) is 0 Å². The highest BCUT2D eigenvalue weighted by Crippen LogP contribution is 2.27. The summed E-state index contributed by atoms with van der Waals surface area (Å²) in [5.74, 6) is 0. The van der Waals surface area contributed by atoms with Crippen molar-refractivity contribution < 1.29 is 4.39 Å². The van der Waals surface area contributed by atoms with Gasteiger partial charge in [-0.25, -0.2) is 4.39 Å². The minimum Gasteiger partial charge on any atom is -0.313 e. The minimum absolute atomic E-state index is 0.498. The maximum Gasteiger partial charge on any atom is 0.136 e. The first-order chi connectivity index (χ1) is 3.71. The van der Waals surface area contributed by atoms with Gasteiger partial charge in [-0.05, 0) is 19.4 Å². The molecule has 2 atom stereocenters. The number of hydrogen-bond donors (Lipinski definition) is 1. The summed E-state index contributed by atoms with van der Waals surface area (Å²) >= 11 is 0. The molecular weight excluding hydrogens is 124 g/mol. The molecule has 0 spiro atoms. The van der Waals surface area contributed by atoms with Crippen molar-refractivity contribution >= 4 is 9.24 Å². The smallest absolute Gasteiger partial charge is 0.136 e. The van der Waals surface area contributed by atoms with Crippen LogP contribution in [0, 0.1) is 0 Å². The van der Waals surface area contributed by atoms with Gasteiger partial charge < -0.3 is 5.32 Å². The largest absolute Gasteiger partial charge is 0.313 e. The zero-order valence-corrected chi connectivity index (χ0v) is 5.94. The van der Waals surface area contributed by atoms with Gasteiger partial charge in [0.2, 0.25) is 0 Å². The lowest BCUT2D eigenvalue weighted by Gasteiger charge is -2.25. The lowest BCUT2D eigenvalue weighted by molar-refractivity contribution is 0.227. The van der Waals surface area contributed by atoms with E-state index in [1.807, 2.05) is 0 Å². The van der Waals surface area contributed by atoms with Gasteiger partial charge in [0.1, 0.15) is 5.41 Å². The van der Waals surface area contributed by atoms with Crippen LogP contribution in [-0.2, 0) is 0 Å². The van der Waals surface area contributed by atoms with E-state index in [4.69, 9.17) is 0 Å². The van der Waals surface area contributed by atoms with Crippen LogP contribution in [0.4, 0.5) is 4.39 Å². The summed E-state index contributed by atoms with van der Waals surface area (Å²) in [6.45, 7) is 1.47. The van der Waals surface area contributed by atoms with Crippen LogP contribution in [0.15, 0.2) is 0 Å². The second-order valence-electron chi connectivity index (χ2n) is 2.31. The van der Waals surface area contributed by atoms with Crippen molar-refractivity contribution in [1.82, 2.24) is 5.32 Å². The van der Waals surface area contributed by atoms with E-state index in [1.54, 1.807) is 0 Å². The Labute approximate surface area is 51.2 Å².